The van der Waals surface area contributed by atoms with E-state index in [2.05, 4.69) is 5.32 Å². The van der Waals surface area contributed by atoms with Crippen LogP contribution >= 0.6 is 0 Å². The molecule has 2 fully saturated rings. The molecule has 1 aromatic carbocycles. The van der Waals surface area contributed by atoms with Gasteiger partial charge in [0, 0.05) is 25.1 Å². The molecule has 0 saturated carbocycles. The summed E-state index contributed by atoms with van der Waals surface area (Å²) in [5.41, 5.74) is 0.859. The van der Waals surface area contributed by atoms with E-state index in [-0.39, 0.29) is 11.3 Å². The molecule has 4 nitrogen and oxygen atoms in total. The Morgan fingerprint density at radius 2 is 2.14 bits per heavy atom. The first-order valence-electron chi connectivity index (χ1n) is 7.29. The van der Waals surface area contributed by atoms with Gasteiger partial charge in [-0.2, -0.15) is 5.26 Å². The summed E-state index contributed by atoms with van der Waals surface area (Å²) in [6, 6.07) is 6.35. The lowest BCUT2D eigenvalue weighted by Crippen LogP contribution is -2.38. The number of nitriles is 1. The maximum atomic E-state index is 14.0. The summed E-state index contributed by atoms with van der Waals surface area (Å²) >= 11 is 0. The Morgan fingerprint density at radius 3 is 2.81 bits per heavy atom. The topological polar surface area (TPSA) is 56.1 Å². The molecule has 3 rings (SSSR count). The van der Waals surface area contributed by atoms with Crippen LogP contribution in [0, 0.1) is 22.6 Å². The number of carbonyl (C=O) groups excluding carboxylic acids is 1. The molecular formula is C16H18FN3O. The number of halogens is 1. The lowest BCUT2D eigenvalue weighted by Gasteiger charge is -2.33. The number of amides is 1. The fourth-order valence-electron chi connectivity index (χ4n) is 3.37. The van der Waals surface area contributed by atoms with Crippen LogP contribution in [-0.4, -0.2) is 30.4 Å². The predicted octanol–water partition coefficient (Wildman–Crippen LogP) is 1.80. The summed E-state index contributed by atoms with van der Waals surface area (Å²) in [4.78, 5) is 14.0. The molecule has 1 spiro atoms. The van der Waals surface area contributed by atoms with Gasteiger partial charge in [-0.3, -0.25) is 4.79 Å². The molecule has 1 amide bonds. The average Bonchev–Trinajstić information content (AvgIpc) is 2.77. The Hall–Kier alpha value is -1.93. The second-order valence-corrected chi connectivity index (χ2v) is 6.09. The SMILES string of the molecule is N#Cc1ccc(CN2CC3(CCNCC3)CC2=O)c(F)c1. The molecular weight excluding hydrogens is 269 g/mol. The molecule has 21 heavy (non-hydrogen) atoms. The fourth-order valence-corrected chi connectivity index (χ4v) is 3.37. The van der Waals surface area contributed by atoms with Crippen molar-refractivity contribution in [3.05, 3.63) is 35.1 Å². The zero-order valence-corrected chi connectivity index (χ0v) is 11.9. The van der Waals surface area contributed by atoms with Crippen molar-refractivity contribution in [1.82, 2.24) is 10.2 Å². The van der Waals surface area contributed by atoms with Gasteiger partial charge in [0.15, 0.2) is 0 Å². The van der Waals surface area contributed by atoms with Gasteiger partial charge in [0.25, 0.3) is 0 Å². The van der Waals surface area contributed by atoms with Crippen molar-refractivity contribution in [2.45, 2.75) is 25.8 Å². The van der Waals surface area contributed by atoms with Crippen LogP contribution in [0.2, 0.25) is 0 Å². The minimum atomic E-state index is -0.409. The molecule has 0 aliphatic carbocycles. The van der Waals surface area contributed by atoms with Gasteiger partial charge in [-0.15, -0.1) is 0 Å². The summed E-state index contributed by atoms with van der Waals surface area (Å²) in [5.74, 6) is -0.297. The van der Waals surface area contributed by atoms with E-state index in [4.69, 9.17) is 5.26 Å². The zero-order chi connectivity index (χ0) is 14.9. The number of hydrogen-bond donors (Lipinski definition) is 1. The summed E-state index contributed by atoms with van der Waals surface area (Å²) in [5, 5.41) is 12.1. The number of likely N-dealkylation sites (tertiary alicyclic amines) is 1. The quantitative estimate of drug-likeness (QED) is 0.902. The minimum absolute atomic E-state index is 0.0748. The van der Waals surface area contributed by atoms with E-state index in [9.17, 15) is 9.18 Å². The Labute approximate surface area is 123 Å². The third-order valence-electron chi connectivity index (χ3n) is 4.61. The summed E-state index contributed by atoms with van der Waals surface area (Å²) in [6.45, 7) is 2.91. The maximum absolute atomic E-state index is 14.0. The van der Waals surface area contributed by atoms with Gasteiger partial charge in [-0.25, -0.2) is 4.39 Å². The molecule has 2 saturated heterocycles. The van der Waals surface area contributed by atoms with Crippen LogP contribution in [0.15, 0.2) is 18.2 Å². The van der Waals surface area contributed by atoms with E-state index < -0.39 is 5.82 Å². The molecule has 2 aliphatic heterocycles. The van der Waals surface area contributed by atoms with Crippen LogP contribution in [-0.2, 0) is 11.3 Å². The third-order valence-corrected chi connectivity index (χ3v) is 4.61. The van der Waals surface area contributed by atoms with Gasteiger partial charge in [-0.1, -0.05) is 6.07 Å². The van der Waals surface area contributed by atoms with Crippen LogP contribution in [0.5, 0.6) is 0 Å². The number of hydrogen-bond acceptors (Lipinski definition) is 3. The van der Waals surface area contributed by atoms with E-state index in [1.807, 2.05) is 6.07 Å². The van der Waals surface area contributed by atoms with Gasteiger partial charge in [0.05, 0.1) is 11.6 Å². The lowest BCUT2D eigenvalue weighted by molar-refractivity contribution is -0.128. The summed E-state index contributed by atoms with van der Waals surface area (Å²) in [6.07, 6.45) is 2.59. The first-order valence-corrected chi connectivity index (χ1v) is 7.29. The maximum Gasteiger partial charge on any atom is 0.223 e. The first kappa shape index (κ1) is 14.0. The Kier molecular flexibility index (Phi) is 3.64. The van der Waals surface area contributed by atoms with Gasteiger partial charge >= 0.3 is 0 Å². The van der Waals surface area contributed by atoms with Crippen molar-refractivity contribution >= 4 is 5.91 Å². The van der Waals surface area contributed by atoms with E-state index in [1.165, 1.54) is 6.07 Å². The van der Waals surface area contributed by atoms with Gasteiger partial charge in [0.1, 0.15) is 5.82 Å². The van der Waals surface area contributed by atoms with Crippen LogP contribution in [0.25, 0.3) is 0 Å². The highest BCUT2D eigenvalue weighted by atomic mass is 19.1. The molecule has 1 aromatic rings. The molecule has 0 atom stereocenters. The van der Waals surface area contributed by atoms with Gasteiger partial charge < -0.3 is 10.2 Å². The number of benzene rings is 1. The molecule has 110 valence electrons. The molecule has 5 heteroatoms. The monoisotopic (exact) mass is 287 g/mol. The van der Waals surface area contributed by atoms with Crippen molar-refractivity contribution in [2.75, 3.05) is 19.6 Å². The number of nitrogens with one attached hydrogen (secondary N) is 1. The highest BCUT2D eigenvalue weighted by Gasteiger charge is 2.43. The predicted molar refractivity (Wildman–Crippen MR) is 75.7 cm³/mol. The van der Waals surface area contributed by atoms with Crippen molar-refractivity contribution < 1.29 is 9.18 Å². The Morgan fingerprint density at radius 1 is 1.38 bits per heavy atom. The molecule has 0 aromatic heterocycles. The van der Waals surface area contributed by atoms with Gasteiger partial charge in [-0.05, 0) is 43.5 Å². The Bertz CT molecular complexity index is 602. The molecule has 2 aliphatic rings. The Balaban J connectivity index is 1.73. The van der Waals surface area contributed by atoms with E-state index in [0.29, 0.717) is 30.6 Å². The van der Waals surface area contributed by atoms with Crippen molar-refractivity contribution in [2.24, 2.45) is 5.41 Å². The van der Waals surface area contributed by atoms with Crippen molar-refractivity contribution in [3.63, 3.8) is 0 Å². The molecule has 0 unspecified atom stereocenters. The average molecular weight is 287 g/mol. The summed E-state index contributed by atoms with van der Waals surface area (Å²) < 4.78 is 14.0. The van der Waals surface area contributed by atoms with E-state index in [0.717, 1.165) is 25.9 Å². The second-order valence-electron chi connectivity index (χ2n) is 6.09. The molecule has 0 bridgehead atoms. The smallest absolute Gasteiger partial charge is 0.223 e. The normalized spacial score (nSPS) is 20.8. The second kappa shape index (κ2) is 5.45. The third kappa shape index (κ3) is 2.77. The largest absolute Gasteiger partial charge is 0.338 e. The summed E-state index contributed by atoms with van der Waals surface area (Å²) in [7, 11) is 0. The standard InChI is InChI=1S/C16H18FN3O/c17-14-7-12(9-18)1-2-13(14)10-20-11-16(8-15(20)21)3-5-19-6-4-16/h1-2,7,19H,3-6,8,10-11H2. The van der Waals surface area contributed by atoms with Crippen molar-refractivity contribution in [3.8, 4) is 6.07 Å². The number of carbonyl (C=O) groups is 1. The highest BCUT2D eigenvalue weighted by Crippen LogP contribution is 2.39. The number of piperidine rings is 1. The minimum Gasteiger partial charge on any atom is -0.338 e. The lowest BCUT2D eigenvalue weighted by atomic mass is 9.78. The fraction of sp³-hybridized carbons (Fsp3) is 0.500. The first-order chi connectivity index (χ1) is 10.1. The molecule has 0 radical (unpaired) electrons. The van der Waals surface area contributed by atoms with Gasteiger partial charge in [0.2, 0.25) is 5.91 Å². The van der Waals surface area contributed by atoms with Crippen molar-refractivity contribution in [1.29, 1.82) is 5.26 Å². The number of rotatable bonds is 2. The highest BCUT2D eigenvalue weighted by molar-refractivity contribution is 5.79. The van der Waals surface area contributed by atoms with Crippen LogP contribution in [0.4, 0.5) is 4.39 Å². The van der Waals surface area contributed by atoms with Crippen LogP contribution in [0.1, 0.15) is 30.4 Å². The molecule has 1 N–H and O–H groups in total. The number of nitrogens with zero attached hydrogens (tertiary/aromatic N) is 2. The van der Waals surface area contributed by atoms with Crippen LogP contribution in [0.3, 0.4) is 0 Å². The zero-order valence-electron chi connectivity index (χ0n) is 11.9. The van der Waals surface area contributed by atoms with E-state index >= 15 is 0 Å². The van der Waals surface area contributed by atoms with Crippen LogP contribution < -0.4 is 5.32 Å². The molecule has 2 heterocycles. The van der Waals surface area contributed by atoms with E-state index in [1.54, 1.807) is 17.0 Å².